The predicted octanol–water partition coefficient (Wildman–Crippen LogP) is 1.81. The van der Waals surface area contributed by atoms with Gasteiger partial charge in [-0.05, 0) is 24.3 Å². The summed E-state index contributed by atoms with van der Waals surface area (Å²) in [7, 11) is 0. The van der Waals surface area contributed by atoms with Crippen molar-refractivity contribution in [2.75, 3.05) is 0 Å². The van der Waals surface area contributed by atoms with E-state index < -0.39 is 12.0 Å². The fourth-order valence-electron chi connectivity index (χ4n) is 1.19. The van der Waals surface area contributed by atoms with Gasteiger partial charge in [-0.1, -0.05) is 33.8 Å². The van der Waals surface area contributed by atoms with Crippen LogP contribution in [0.3, 0.4) is 0 Å². The van der Waals surface area contributed by atoms with Gasteiger partial charge in [0.2, 0.25) is 5.91 Å². The number of carbonyl (C=O) groups is 2. The molecule has 0 aliphatic carbocycles. The first-order chi connectivity index (χ1) is 7.32. The maximum absolute atomic E-state index is 11.4. The van der Waals surface area contributed by atoms with Crippen LogP contribution in [0.25, 0.3) is 0 Å². The monoisotopic (exact) mass is 227 g/mol. The maximum atomic E-state index is 11.4. The van der Waals surface area contributed by atoms with E-state index in [-0.39, 0.29) is 17.7 Å². The lowest BCUT2D eigenvalue weighted by molar-refractivity contribution is -0.141. The number of carbonyl (C=O) groups excluding carboxylic acids is 1. The summed E-state index contributed by atoms with van der Waals surface area (Å²) in [6.07, 6.45) is 3.57. The number of carboxylic acids is 1. The number of nitrogens with one attached hydrogen (secondary N) is 1. The lowest BCUT2D eigenvalue weighted by Gasteiger charge is -2.15. The molecule has 0 radical (unpaired) electrons. The number of hydrogen-bond donors (Lipinski definition) is 2. The Morgan fingerprint density at radius 1 is 1.25 bits per heavy atom. The molecule has 0 spiro atoms. The largest absolute Gasteiger partial charge is 0.480 e. The molecule has 0 fully saturated rings. The number of rotatable bonds is 6. The van der Waals surface area contributed by atoms with E-state index in [0.717, 1.165) is 0 Å². The van der Waals surface area contributed by atoms with Crippen LogP contribution < -0.4 is 5.32 Å². The van der Waals surface area contributed by atoms with Gasteiger partial charge in [0.15, 0.2) is 0 Å². The molecule has 0 aromatic rings. The molecule has 0 saturated carbocycles. The smallest absolute Gasteiger partial charge is 0.326 e. The van der Waals surface area contributed by atoms with E-state index >= 15 is 0 Å². The Kier molecular flexibility index (Phi) is 6.46. The zero-order valence-electron chi connectivity index (χ0n) is 10.4. The third kappa shape index (κ3) is 7.04. The van der Waals surface area contributed by atoms with E-state index in [9.17, 15) is 9.59 Å². The van der Waals surface area contributed by atoms with Crippen molar-refractivity contribution in [2.24, 2.45) is 11.8 Å². The third-order valence-corrected chi connectivity index (χ3v) is 1.95. The number of amides is 1. The molecule has 1 atom stereocenters. The Hall–Kier alpha value is -1.32. The molecule has 1 amide bonds. The molecule has 0 aromatic carbocycles. The van der Waals surface area contributed by atoms with Crippen LogP contribution >= 0.6 is 0 Å². The van der Waals surface area contributed by atoms with Crippen molar-refractivity contribution in [1.82, 2.24) is 5.32 Å². The lowest BCUT2D eigenvalue weighted by atomic mass is 10.0. The summed E-state index contributed by atoms with van der Waals surface area (Å²) in [5.41, 5.74) is 0. The summed E-state index contributed by atoms with van der Waals surface area (Å²) in [6, 6.07) is -0.802. The van der Waals surface area contributed by atoms with E-state index in [4.69, 9.17) is 5.11 Å². The fourth-order valence-corrected chi connectivity index (χ4v) is 1.19. The SMILES string of the molecule is CC(C)C=CC(=O)NC(CC(C)C)C(=O)O. The Morgan fingerprint density at radius 2 is 1.81 bits per heavy atom. The van der Waals surface area contributed by atoms with Crippen LogP contribution in [0.5, 0.6) is 0 Å². The average Bonchev–Trinajstić information content (AvgIpc) is 2.12. The number of aliphatic carboxylic acids is 1. The number of hydrogen-bond acceptors (Lipinski definition) is 2. The van der Waals surface area contributed by atoms with Gasteiger partial charge in [-0.15, -0.1) is 0 Å². The predicted molar refractivity (Wildman–Crippen MR) is 63.0 cm³/mol. The lowest BCUT2D eigenvalue weighted by Crippen LogP contribution is -2.40. The minimum Gasteiger partial charge on any atom is -0.480 e. The van der Waals surface area contributed by atoms with Gasteiger partial charge >= 0.3 is 5.97 Å². The zero-order chi connectivity index (χ0) is 12.7. The molecule has 1 unspecified atom stereocenters. The second-order valence-electron chi connectivity index (χ2n) is 4.63. The molecule has 0 rings (SSSR count). The van der Waals surface area contributed by atoms with Crippen LogP contribution in [0.1, 0.15) is 34.1 Å². The highest BCUT2D eigenvalue weighted by Gasteiger charge is 2.19. The first-order valence-electron chi connectivity index (χ1n) is 5.54. The summed E-state index contributed by atoms with van der Waals surface area (Å²) < 4.78 is 0. The molecule has 2 N–H and O–H groups in total. The van der Waals surface area contributed by atoms with Crippen molar-refractivity contribution >= 4 is 11.9 Å². The number of allylic oxidation sites excluding steroid dienone is 1. The van der Waals surface area contributed by atoms with E-state index in [0.29, 0.717) is 6.42 Å². The quantitative estimate of drug-likeness (QED) is 0.680. The van der Waals surface area contributed by atoms with Gasteiger partial charge in [-0.25, -0.2) is 4.79 Å². The Balaban J connectivity index is 4.29. The topological polar surface area (TPSA) is 66.4 Å². The molecule has 92 valence electrons. The van der Waals surface area contributed by atoms with Crippen molar-refractivity contribution in [3.05, 3.63) is 12.2 Å². The minimum absolute atomic E-state index is 0.232. The van der Waals surface area contributed by atoms with Crippen molar-refractivity contribution < 1.29 is 14.7 Å². The van der Waals surface area contributed by atoms with Crippen molar-refractivity contribution in [1.29, 1.82) is 0 Å². The Labute approximate surface area is 96.7 Å². The van der Waals surface area contributed by atoms with Gasteiger partial charge in [-0.2, -0.15) is 0 Å². The van der Waals surface area contributed by atoms with Gasteiger partial charge in [0.25, 0.3) is 0 Å². The normalized spacial score (nSPS) is 13.4. The van der Waals surface area contributed by atoms with Gasteiger partial charge in [0.05, 0.1) is 0 Å². The molecule has 0 aromatic heterocycles. The fraction of sp³-hybridized carbons (Fsp3) is 0.667. The zero-order valence-corrected chi connectivity index (χ0v) is 10.4. The second kappa shape index (κ2) is 7.04. The highest BCUT2D eigenvalue weighted by Crippen LogP contribution is 2.05. The van der Waals surface area contributed by atoms with Crippen LogP contribution in [-0.2, 0) is 9.59 Å². The molecule has 4 nitrogen and oxygen atoms in total. The number of carboxylic acid groups (broad SMARTS) is 1. The molecule has 16 heavy (non-hydrogen) atoms. The van der Waals surface area contributed by atoms with Crippen LogP contribution in [0.4, 0.5) is 0 Å². The van der Waals surface area contributed by atoms with Crippen LogP contribution in [-0.4, -0.2) is 23.0 Å². The van der Waals surface area contributed by atoms with Gasteiger partial charge in [0, 0.05) is 0 Å². The summed E-state index contributed by atoms with van der Waals surface area (Å²) >= 11 is 0. The summed E-state index contributed by atoms with van der Waals surface area (Å²) in [5, 5.41) is 11.4. The first kappa shape index (κ1) is 14.7. The third-order valence-electron chi connectivity index (χ3n) is 1.95. The van der Waals surface area contributed by atoms with Crippen LogP contribution in [0.15, 0.2) is 12.2 Å². The van der Waals surface area contributed by atoms with Crippen molar-refractivity contribution in [3.8, 4) is 0 Å². The maximum Gasteiger partial charge on any atom is 0.326 e. The molecule has 0 aliphatic rings. The molecule has 0 aliphatic heterocycles. The van der Waals surface area contributed by atoms with Gasteiger partial charge in [-0.3, -0.25) is 4.79 Å². The Morgan fingerprint density at radius 3 is 2.19 bits per heavy atom. The highest BCUT2D eigenvalue weighted by atomic mass is 16.4. The first-order valence-corrected chi connectivity index (χ1v) is 5.54. The summed E-state index contributed by atoms with van der Waals surface area (Å²) in [6.45, 7) is 7.75. The average molecular weight is 227 g/mol. The molecule has 0 bridgehead atoms. The highest BCUT2D eigenvalue weighted by molar-refractivity contribution is 5.91. The summed E-state index contributed by atoms with van der Waals surface area (Å²) in [5.74, 6) is -0.823. The van der Waals surface area contributed by atoms with Crippen LogP contribution in [0.2, 0.25) is 0 Å². The van der Waals surface area contributed by atoms with Crippen molar-refractivity contribution in [2.45, 2.75) is 40.2 Å². The molecule has 0 heterocycles. The van der Waals surface area contributed by atoms with E-state index in [1.165, 1.54) is 6.08 Å². The standard InChI is InChI=1S/C12H21NO3/c1-8(2)5-6-11(14)13-10(12(15)16)7-9(3)4/h5-6,8-10H,7H2,1-4H3,(H,13,14)(H,15,16). The van der Waals surface area contributed by atoms with E-state index in [1.54, 1.807) is 6.08 Å². The van der Waals surface area contributed by atoms with Crippen molar-refractivity contribution in [3.63, 3.8) is 0 Å². The minimum atomic E-state index is -0.986. The second-order valence-corrected chi connectivity index (χ2v) is 4.63. The molecular weight excluding hydrogens is 206 g/mol. The summed E-state index contributed by atoms with van der Waals surface area (Å²) in [4.78, 5) is 22.3. The molecule has 4 heteroatoms. The van der Waals surface area contributed by atoms with Gasteiger partial charge < -0.3 is 10.4 Å². The van der Waals surface area contributed by atoms with Crippen LogP contribution in [0, 0.1) is 11.8 Å². The van der Waals surface area contributed by atoms with E-state index in [2.05, 4.69) is 5.32 Å². The van der Waals surface area contributed by atoms with E-state index in [1.807, 2.05) is 27.7 Å². The Bertz CT molecular complexity index is 269. The molecule has 0 saturated heterocycles. The van der Waals surface area contributed by atoms with Gasteiger partial charge in [0.1, 0.15) is 6.04 Å². The molecular formula is C12H21NO3.